The smallest absolute Gasteiger partial charge is 0.434 e. The molecule has 40 heavy (non-hydrogen) atoms. The first-order chi connectivity index (χ1) is 18.7. The highest BCUT2D eigenvalue weighted by molar-refractivity contribution is 5.82. The molecule has 0 amide bonds. The van der Waals surface area contributed by atoms with Crippen LogP contribution in [0.5, 0.6) is 5.88 Å². The molecule has 4 heterocycles. The lowest BCUT2D eigenvalue weighted by atomic mass is 9.88. The van der Waals surface area contributed by atoms with Crippen molar-refractivity contribution in [2.24, 2.45) is 7.05 Å². The lowest BCUT2D eigenvalue weighted by molar-refractivity contribution is -0.154. The van der Waals surface area contributed by atoms with Crippen LogP contribution in [-0.2, 0) is 18.8 Å². The van der Waals surface area contributed by atoms with E-state index in [1.807, 2.05) is 0 Å². The normalized spacial score (nSPS) is 13.9. The number of nitrogens with zero attached hydrogens (tertiary/aromatic N) is 5. The molecule has 5 aromatic rings. The highest BCUT2D eigenvalue weighted by Crippen LogP contribution is 2.36. The number of fused-ring (bicyclic) bond motifs is 1. The summed E-state index contributed by atoms with van der Waals surface area (Å²) in [6, 6.07) is 9.16. The fourth-order valence-electron chi connectivity index (χ4n) is 4.21. The van der Waals surface area contributed by atoms with E-state index in [-0.39, 0.29) is 23.1 Å². The maximum Gasteiger partial charge on any atom is 0.434 e. The zero-order valence-electron chi connectivity index (χ0n) is 20.8. The number of ether oxygens (including phenoxy) is 1. The average molecular weight is 562 g/mol. The molecule has 0 aliphatic rings. The van der Waals surface area contributed by atoms with Crippen LogP contribution < -0.4 is 4.74 Å². The summed E-state index contributed by atoms with van der Waals surface area (Å²) < 4.78 is 83.5. The topological polar surface area (TPSA) is 102 Å². The number of benzene rings is 1. The Kier molecular flexibility index (Phi) is 6.53. The SMILES string of the molecule is Cn1cc(C(F)(F)F)nc1-c1ccc([C@@](C)(O)c2c[nH]c3cnc(-c4cccnc4OCC(F)(F)F)nc23)cc1. The Bertz CT molecular complexity index is 1670. The lowest BCUT2D eigenvalue weighted by Gasteiger charge is -2.23. The first-order valence-electron chi connectivity index (χ1n) is 11.7. The molecule has 0 saturated carbocycles. The third kappa shape index (κ3) is 5.21. The lowest BCUT2D eigenvalue weighted by Crippen LogP contribution is -2.22. The Morgan fingerprint density at radius 2 is 1.73 bits per heavy atom. The zero-order valence-corrected chi connectivity index (χ0v) is 20.8. The van der Waals surface area contributed by atoms with Gasteiger partial charge in [-0.1, -0.05) is 24.3 Å². The standard InChI is InChI=1S/C26H20F6N6O2/c1-24(39,15-7-5-14(6-8-15)22-36-19(12-38(22)2)26(30,31)32)17-10-34-18-11-35-21(37-20(17)18)16-4-3-9-33-23(16)40-13-25(27,28)29/h3-12,34,39H,13H2,1-2H3/t24-/m1/s1. The molecule has 1 atom stereocenters. The van der Waals surface area contributed by atoms with Gasteiger partial charge in [0.2, 0.25) is 5.88 Å². The molecule has 0 bridgehead atoms. The van der Waals surface area contributed by atoms with Gasteiger partial charge in [-0.05, 0) is 24.6 Å². The molecule has 0 saturated heterocycles. The maximum absolute atomic E-state index is 13.1. The van der Waals surface area contributed by atoms with Gasteiger partial charge in [0.1, 0.15) is 11.4 Å². The summed E-state index contributed by atoms with van der Waals surface area (Å²) in [7, 11) is 1.45. The monoisotopic (exact) mass is 562 g/mol. The van der Waals surface area contributed by atoms with Crippen LogP contribution in [0.4, 0.5) is 26.3 Å². The number of H-pyrrole nitrogens is 1. The predicted octanol–water partition coefficient (Wildman–Crippen LogP) is 5.64. The van der Waals surface area contributed by atoms with Crippen molar-refractivity contribution < 1.29 is 36.2 Å². The molecule has 14 heteroatoms. The van der Waals surface area contributed by atoms with Crippen molar-refractivity contribution in [2.45, 2.75) is 24.9 Å². The molecule has 0 spiro atoms. The van der Waals surface area contributed by atoms with Crippen molar-refractivity contribution in [1.29, 1.82) is 0 Å². The quantitative estimate of drug-likeness (QED) is 0.260. The van der Waals surface area contributed by atoms with Crippen molar-refractivity contribution in [3.05, 3.63) is 78.0 Å². The van der Waals surface area contributed by atoms with Crippen molar-refractivity contribution in [3.63, 3.8) is 0 Å². The molecule has 0 unspecified atom stereocenters. The summed E-state index contributed by atoms with van der Waals surface area (Å²) in [5, 5.41) is 11.5. The number of aromatic nitrogens is 6. The van der Waals surface area contributed by atoms with Gasteiger partial charge < -0.3 is 19.4 Å². The number of hydrogen-bond donors (Lipinski definition) is 2. The van der Waals surface area contributed by atoms with Gasteiger partial charge in [-0.15, -0.1) is 0 Å². The summed E-state index contributed by atoms with van der Waals surface area (Å²) in [5.74, 6) is -0.176. The molecule has 208 valence electrons. The van der Waals surface area contributed by atoms with E-state index < -0.39 is 30.3 Å². The summed E-state index contributed by atoms with van der Waals surface area (Å²) in [4.78, 5) is 19.2. The number of aliphatic hydroxyl groups is 1. The molecule has 0 radical (unpaired) electrons. The molecule has 0 aliphatic heterocycles. The van der Waals surface area contributed by atoms with Crippen LogP contribution in [0.25, 0.3) is 33.8 Å². The highest BCUT2D eigenvalue weighted by Gasteiger charge is 2.35. The number of aryl methyl sites for hydroxylation is 1. The average Bonchev–Trinajstić information content (AvgIpc) is 3.51. The minimum atomic E-state index is -4.59. The van der Waals surface area contributed by atoms with E-state index >= 15 is 0 Å². The van der Waals surface area contributed by atoms with E-state index in [1.165, 1.54) is 49.3 Å². The van der Waals surface area contributed by atoms with Crippen molar-refractivity contribution >= 4 is 11.0 Å². The molecule has 8 nitrogen and oxygen atoms in total. The molecule has 0 aliphatic carbocycles. The predicted molar refractivity (Wildman–Crippen MR) is 131 cm³/mol. The third-order valence-electron chi connectivity index (χ3n) is 6.20. The second-order valence-corrected chi connectivity index (χ2v) is 9.13. The minimum Gasteiger partial charge on any atom is -0.467 e. The van der Waals surface area contributed by atoms with Crippen LogP contribution in [0.3, 0.4) is 0 Å². The Morgan fingerprint density at radius 1 is 1.00 bits per heavy atom. The Balaban J connectivity index is 1.49. The number of halogens is 6. The van der Waals surface area contributed by atoms with Crippen molar-refractivity contribution in [2.75, 3.05) is 6.61 Å². The van der Waals surface area contributed by atoms with Gasteiger partial charge in [0.15, 0.2) is 18.1 Å². The summed E-state index contributed by atoms with van der Waals surface area (Å²) in [6.45, 7) is -0.0357. The van der Waals surface area contributed by atoms with E-state index in [0.717, 1.165) is 6.20 Å². The second kappa shape index (κ2) is 9.62. The van der Waals surface area contributed by atoms with Gasteiger partial charge in [-0.2, -0.15) is 26.3 Å². The highest BCUT2D eigenvalue weighted by atomic mass is 19.4. The number of imidazole rings is 1. The van der Waals surface area contributed by atoms with Crippen LogP contribution in [-0.4, -0.2) is 47.4 Å². The minimum absolute atomic E-state index is 0.0278. The van der Waals surface area contributed by atoms with E-state index in [1.54, 1.807) is 24.3 Å². The number of pyridine rings is 1. The van der Waals surface area contributed by atoms with E-state index in [0.29, 0.717) is 27.7 Å². The number of hydrogen-bond acceptors (Lipinski definition) is 6. The Labute approximate surface area is 222 Å². The molecule has 0 fully saturated rings. The van der Waals surface area contributed by atoms with Crippen LogP contribution in [0.1, 0.15) is 23.7 Å². The van der Waals surface area contributed by atoms with E-state index in [4.69, 9.17) is 4.74 Å². The Hall–Kier alpha value is -4.46. The third-order valence-corrected chi connectivity index (χ3v) is 6.20. The number of rotatable bonds is 6. The van der Waals surface area contributed by atoms with Gasteiger partial charge >= 0.3 is 12.4 Å². The van der Waals surface area contributed by atoms with Gasteiger partial charge in [-0.25, -0.2) is 19.9 Å². The van der Waals surface area contributed by atoms with E-state index in [2.05, 4.69) is 24.9 Å². The van der Waals surface area contributed by atoms with Gasteiger partial charge in [0.05, 0.1) is 22.8 Å². The van der Waals surface area contributed by atoms with Gasteiger partial charge in [0, 0.05) is 36.8 Å². The molecular weight excluding hydrogens is 542 g/mol. The zero-order chi connectivity index (χ0) is 28.9. The van der Waals surface area contributed by atoms with E-state index in [9.17, 15) is 31.4 Å². The maximum atomic E-state index is 13.1. The summed E-state index contributed by atoms with van der Waals surface area (Å²) >= 11 is 0. The molecule has 2 N–H and O–H groups in total. The molecular formula is C26H20F6N6O2. The summed E-state index contributed by atoms with van der Waals surface area (Å²) in [6.07, 6.45) is -4.05. The number of nitrogens with one attached hydrogen (secondary N) is 1. The van der Waals surface area contributed by atoms with Crippen LogP contribution in [0.2, 0.25) is 0 Å². The van der Waals surface area contributed by atoms with Crippen LogP contribution >= 0.6 is 0 Å². The fraction of sp³-hybridized carbons (Fsp3) is 0.231. The number of alkyl halides is 6. The molecule has 1 aromatic carbocycles. The fourth-order valence-corrected chi connectivity index (χ4v) is 4.21. The first kappa shape index (κ1) is 27.1. The first-order valence-corrected chi connectivity index (χ1v) is 11.7. The van der Waals surface area contributed by atoms with Crippen molar-refractivity contribution in [3.8, 4) is 28.7 Å². The van der Waals surface area contributed by atoms with Gasteiger partial charge in [-0.3, -0.25) is 0 Å². The van der Waals surface area contributed by atoms with Crippen molar-refractivity contribution in [1.82, 2.24) is 29.5 Å². The summed E-state index contributed by atoms with van der Waals surface area (Å²) in [5.41, 5.74) is -0.646. The Morgan fingerprint density at radius 3 is 2.38 bits per heavy atom. The molecule has 4 aromatic heterocycles. The largest absolute Gasteiger partial charge is 0.467 e. The van der Waals surface area contributed by atoms with Crippen LogP contribution in [0, 0.1) is 0 Å². The number of aromatic amines is 1. The van der Waals surface area contributed by atoms with Crippen LogP contribution in [0.15, 0.2) is 61.2 Å². The second-order valence-electron chi connectivity index (χ2n) is 9.13. The molecule has 5 rings (SSSR count). The van der Waals surface area contributed by atoms with Gasteiger partial charge in [0.25, 0.3) is 0 Å².